The average molecular weight is 362 g/mol. The van der Waals surface area contributed by atoms with Gasteiger partial charge >= 0.3 is 6.18 Å². The van der Waals surface area contributed by atoms with Crippen molar-refractivity contribution in [3.8, 4) is 0 Å². The highest BCUT2D eigenvalue weighted by Gasteiger charge is 2.31. The molecule has 3 rings (SSSR count). The summed E-state index contributed by atoms with van der Waals surface area (Å²) < 4.78 is 38.3. The zero-order valence-electron chi connectivity index (χ0n) is 14.5. The van der Waals surface area contributed by atoms with E-state index in [0.29, 0.717) is 12.8 Å². The molecule has 138 valence electrons. The van der Waals surface area contributed by atoms with Gasteiger partial charge in [0.2, 0.25) is 5.91 Å². The van der Waals surface area contributed by atoms with Crippen LogP contribution in [0.25, 0.3) is 0 Å². The third-order valence-electron chi connectivity index (χ3n) is 4.72. The minimum atomic E-state index is -4.42. The molecule has 0 bridgehead atoms. The molecule has 1 aliphatic rings. The Hall–Kier alpha value is -2.50. The van der Waals surface area contributed by atoms with Crippen molar-refractivity contribution < 1.29 is 18.0 Å². The van der Waals surface area contributed by atoms with Gasteiger partial charge in [0.25, 0.3) is 0 Å². The molecular formula is C20H21F3N2O. The van der Waals surface area contributed by atoms with Crippen molar-refractivity contribution in [3.63, 3.8) is 0 Å². The largest absolute Gasteiger partial charge is 0.416 e. The Balaban J connectivity index is 1.58. The summed E-state index contributed by atoms with van der Waals surface area (Å²) in [4.78, 5) is 14.6. The molecule has 26 heavy (non-hydrogen) atoms. The van der Waals surface area contributed by atoms with E-state index in [-0.39, 0.29) is 17.5 Å². The Bertz CT molecular complexity index is 763. The molecule has 1 amide bonds. The van der Waals surface area contributed by atoms with Gasteiger partial charge in [0, 0.05) is 30.4 Å². The first kappa shape index (κ1) is 18.3. The van der Waals surface area contributed by atoms with E-state index < -0.39 is 11.7 Å². The molecule has 0 aromatic heterocycles. The van der Waals surface area contributed by atoms with Crippen molar-refractivity contribution in [1.82, 2.24) is 0 Å². The molecule has 1 N–H and O–H groups in total. The van der Waals surface area contributed by atoms with Crippen LogP contribution in [-0.4, -0.2) is 19.0 Å². The van der Waals surface area contributed by atoms with Crippen LogP contribution < -0.4 is 10.2 Å². The van der Waals surface area contributed by atoms with Gasteiger partial charge in [0.15, 0.2) is 0 Å². The lowest BCUT2D eigenvalue weighted by Crippen LogP contribution is -2.38. The number of piperidine rings is 1. The monoisotopic (exact) mass is 362 g/mol. The lowest BCUT2D eigenvalue weighted by Gasteiger charge is -2.33. The van der Waals surface area contributed by atoms with Crippen LogP contribution in [0.2, 0.25) is 0 Å². The third-order valence-corrected chi connectivity index (χ3v) is 4.72. The van der Waals surface area contributed by atoms with Crippen LogP contribution >= 0.6 is 0 Å². The molecule has 0 unspecified atom stereocenters. The number of carbonyl (C=O) groups excluding carboxylic acids is 1. The number of aryl methyl sites for hydroxylation is 1. The minimum absolute atomic E-state index is 0.186. The molecule has 1 saturated heterocycles. The molecule has 0 saturated carbocycles. The summed E-state index contributed by atoms with van der Waals surface area (Å²) in [7, 11) is 0. The van der Waals surface area contributed by atoms with E-state index in [9.17, 15) is 18.0 Å². The van der Waals surface area contributed by atoms with Crippen molar-refractivity contribution >= 4 is 17.3 Å². The molecule has 0 atom stereocenters. The summed E-state index contributed by atoms with van der Waals surface area (Å²) in [6.45, 7) is 3.54. The number of halogens is 3. The number of hydrogen-bond acceptors (Lipinski definition) is 2. The van der Waals surface area contributed by atoms with Crippen molar-refractivity contribution in [2.24, 2.45) is 5.92 Å². The summed E-state index contributed by atoms with van der Waals surface area (Å²) in [5, 5.41) is 2.63. The zero-order valence-corrected chi connectivity index (χ0v) is 14.5. The van der Waals surface area contributed by atoms with Crippen molar-refractivity contribution in [2.45, 2.75) is 25.9 Å². The molecule has 0 spiro atoms. The fraction of sp³-hybridized carbons (Fsp3) is 0.350. The van der Waals surface area contributed by atoms with Gasteiger partial charge in [0.1, 0.15) is 0 Å². The second kappa shape index (κ2) is 7.40. The van der Waals surface area contributed by atoms with Crippen LogP contribution in [0.3, 0.4) is 0 Å². The van der Waals surface area contributed by atoms with Gasteiger partial charge < -0.3 is 10.2 Å². The van der Waals surface area contributed by atoms with Crippen molar-refractivity contribution in [1.29, 1.82) is 0 Å². The van der Waals surface area contributed by atoms with E-state index >= 15 is 0 Å². The summed E-state index contributed by atoms with van der Waals surface area (Å²) in [6, 6.07) is 13.0. The summed E-state index contributed by atoms with van der Waals surface area (Å²) in [5.41, 5.74) is 1.76. The van der Waals surface area contributed by atoms with E-state index in [2.05, 4.69) is 34.5 Å². The van der Waals surface area contributed by atoms with Crippen LogP contribution in [0.15, 0.2) is 48.5 Å². The Morgan fingerprint density at radius 1 is 1.08 bits per heavy atom. The molecule has 3 nitrogen and oxygen atoms in total. The topological polar surface area (TPSA) is 32.3 Å². The third kappa shape index (κ3) is 4.36. The quantitative estimate of drug-likeness (QED) is 0.845. The van der Waals surface area contributed by atoms with Crippen LogP contribution in [0.5, 0.6) is 0 Å². The second-order valence-corrected chi connectivity index (χ2v) is 6.66. The summed E-state index contributed by atoms with van der Waals surface area (Å²) in [6.07, 6.45) is -3.06. The number of hydrogen-bond donors (Lipinski definition) is 1. The number of anilines is 2. The molecule has 1 heterocycles. The number of nitrogens with one attached hydrogen (secondary N) is 1. The molecule has 0 radical (unpaired) electrons. The summed E-state index contributed by atoms with van der Waals surface area (Å²) >= 11 is 0. The molecule has 1 fully saturated rings. The van der Waals surface area contributed by atoms with Crippen molar-refractivity contribution in [3.05, 3.63) is 59.7 Å². The molecule has 1 aliphatic heterocycles. The fourth-order valence-corrected chi connectivity index (χ4v) is 3.17. The lowest BCUT2D eigenvalue weighted by molar-refractivity contribution is -0.137. The molecule has 2 aromatic carbocycles. The number of alkyl halides is 3. The van der Waals surface area contributed by atoms with Crippen molar-refractivity contribution in [2.75, 3.05) is 23.3 Å². The Morgan fingerprint density at radius 3 is 2.35 bits per heavy atom. The van der Waals surface area contributed by atoms with Crippen LogP contribution in [0, 0.1) is 12.8 Å². The van der Waals surface area contributed by atoms with Gasteiger partial charge in [-0.3, -0.25) is 4.79 Å². The van der Waals surface area contributed by atoms with E-state index in [4.69, 9.17) is 0 Å². The molecule has 2 aromatic rings. The highest BCUT2D eigenvalue weighted by molar-refractivity contribution is 5.92. The van der Waals surface area contributed by atoms with E-state index in [1.54, 1.807) is 0 Å². The number of benzene rings is 2. The minimum Gasteiger partial charge on any atom is -0.371 e. The number of carbonyl (C=O) groups is 1. The van der Waals surface area contributed by atoms with Gasteiger partial charge in [-0.1, -0.05) is 23.8 Å². The smallest absolute Gasteiger partial charge is 0.371 e. The van der Waals surface area contributed by atoms with Crippen LogP contribution in [0.4, 0.5) is 24.5 Å². The Kier molecular flexibility index (Phi) is 5.20. The first-order valence-electron chi connectivity index (χ1n) is 8.63. The van der Waals surface area contributed by atoms with Gasteiger partial charge in [-0.05, 0) is 50.1 Å². The highest BCUT2D eigenvalue weighted by atomic mass is 19.4. The fourth-order valence-electron chi connectivity index (χ4n) is 3.17. The average Bonchev–Trinajstić information content (AvgIpc) is 2.62. The van der Waals surface area contributed by atoms with Gasteiger partial charge in [-0.25, -0.2) is 0 Å². The Morgan fingerprint density at radius 2 is 1.73 bits per heavy atom. The molecule has 0 aliphatic carbocycles. The predicted molar refractivity (Wildman–Crippen MR) is 96.2 cm³/mol. The maximum atomic E-state index is 12.8. The first-order chi connectivity index (χ1) is 12.3. The normalized spacial score (nSPS) is 15.8. The van der Waals surface area contributed by atoms with E-state index in [1.165, 1.54) is 17.7 Å². The van der Waals surface area contributed by atoms with Crippen LogP contribution in [-0.2, 0) is 11.0 Å². The second-order valence-electron chi connectivity index (χ2n) is 6.66. The number of amides is 1. The highest BCUT2D eigenvalue weighted by Crippen LogP contribution is 2.31. The Labute approximate surface area is 150 Å². The standard InChI is InChI=1S/C20H21F3N2O/c1-14-5-7-18(8-6-14)25-11-9-15(10-12-25)19(26)24-17-4-2-3-16(13-17)20(21,22)23/h2-8,13,15H,9-12H2,1H3,(H,24,26). The van der Waals surface area contributed by atoms with Gasteiger partial charge in [-0.15, -0.1) is 0 Å². The lowest BCUT2D eigenvalue weighted by atomic mass is 9.95. The predicted octanol–water partition coefficient (Wildman–Crippen LogP) is 4.87. The first-order valence-corrected chi connectivity index (χ1v) is 8.63. The van der Waals surface area contributed by atoms with Gasteiger partial charge in [0.05, 0.1) is 5.56 Å². The van der Waals surface area contributed by atoms with Gasteiger partial charge in [-0.2, -0.15) is 13.2 Å². The maximum absolute atomic E-state index is 12.8. The molecule has 6 heteroatoms. The maximum Gasteiger partial charge on any atom is 0.416 e. The zero-order chi connectivity index (χ0) is 18.7. The molecular weight excluding hydrogens is 341 g/mol. The van der Waals surface area contributed by atoms with E-state index in [1.807, 2.05) is 6.92 Å². The summed E-state index contributed by atoms with van der Waals surface area (Å²) in [5.74, 6) is -0.404. The van der Waals surface area contributed by atoms with Crippen LogP contribution in [0.1, 0.15) is 24.0 Å². The SMILES string of the molecule is Cc1ccc(N2CCC(C(=O)Nc3cccc(C(F)(F)F)c3)CC2)cc1. The van der Waals surface area contributed by atoms with E-state index in [0.717, 1.165) is 30.9 Å². The number of nitrogens with zero attached hydrogens (tertiary/aromatic N) is 1. The number of rotatable bonds is 3.